The van der Waals surface area contributed by atoms with Gasteiger partial charge in [0.15, 0.2) is 18.2 Å². The molecule has 1 saturated heterocycles. The molecule has 1 aliphatic rings. The average molecular weight is 208 g/mol. The van der Waals surface area contributed by atoms with Gasteiger partial charge in [-0.2, -0.15) is 0 Å². The lowest BCUT2D eigenvalue weighted by Gasteiger charge is -2.42. The van der Waals surface area contributed by atoms with Gasteiger partial charge in [-0.15, -0.1) is 0 Å². The van der Waals surface area contributed by atoms with E-state index in [0.29, 0.717) is 0 Å². The van der Waals surface area contributed by atoms with Crippen LogP contribution in [0.15, 0.2) is 0 Å². The van der Waals surface area contributed by atoms with E-state index in [2.05, 4.69) is 4.74 Å². The van der Waals surface area contributed by atoms with Crippen LogP contribution in [0.25, 0.3) is 0 Å². The number of carbonyl (C=O) groups is 1. The molecule has 0 amide bonds. The quantitative estimate of drug-likeness (QED) is 0.296. The van der Waals surface area contributed by atoms with Gasteiger partial charge >= 0.3 is 0 Å². The molecular formula is C7H12O7. The summed E-state index contributed by atoms with van der Waals surface area (Å²) in [6.45, 7) is -0.649. The number of hydrogen-bond donors (Lipinski definition) is 5. The first-order chi connectivity index (χ1) is 6.47. The molecule has 0 bridgehead atoms. The van der Waals surface area contributed by atoms with Crippen LogP contribution >= 0.6 is 0 Å². The molecule has 0 radical (unpaired) electrons. The molecule has 0 aromatic rings. The van der Waals surface area contributed by atoms with Crippen molar-refractivity contribution in [3.63, 3.8) is 0 Å². The Morgan fingerprint density at radius 2 is 1.93 bits per heavy atom. The van der Waals surface area contributed by atoms with E-state index in [9.17, 15) is 20.1 Å². The molecule has 5 atom stereocenters. The Morgan fingerprint density at radius 3 is 2.36 bits per heavy atom. The standard InChI is InChI=1S/C7H12O7/c8-1-3-4(10)5(11)7(13,2-9)6(12)14-3/h2-6,8,10-13H,1H2/t3-,4-,5+,6?,7+/m1/s1. The molecular weight excluding hydrogens is 196 g/mol. The molecule has 7 heteroatoms. The van der Waals surface area contributed by atoms with E-state index in [1.54, 1.807) is 0 Å². The lowest BCUT2D eigenvalue weighted by atomic mass is 9.88. The van der Waals surface area contributed by atoms with E-state index < -0.39 is 36.8 Å². The van der Waals surface area contributed by atoms with Crippen molar-refractivity contribution in [3.05, 3.63) is 0 Å². The minimum atomic E-state index is -2.56. The highest BCUT2D eigenvalue weighted by molar-refractivity contribution is 5.64. The van der Waals surface area contributed by atoms with E-state index >= 15 is 0 Å². The van der Waals surface area contributed by atoms with Crippen molar-refractivity contribution in [1.82, 2.24) is 0 Å². The van der Waals surface area contributed by atoms with Crippen LogP contribution in [0.2, 0.25) is 0 Å². The van der Waals surface area contributed by atoms with E-state index in [-0.39, 0.29) is 6.29 Å². The number of aldehydes is 1. The van der Waals surface area contributed by atoms with Crippen LogP contribution in [-0.2, 0) is 9.53 Å². The van der Waals surface area contributed by atoms with Crippen molar-refractivity contribution in [2.24, 2.45) is 0 Å². The first-order valence-electron chi connectivity index (χ1n) is 3.96. The molecule has 14 heavy (non-hydrogen) atoms. The third-order valence-electron chi connectivity index (χ3n) is 2.25. The zero-order chi connectivity index (χ0) is 10.9. The second kappa shape index (κ2) is 3.89. The maximum atomic E-state index is 10.4. The van der Waals surface area contributed by atoms with Gasteiger partial charge in [0.2, 0.25) is 0 Å². The molecule has 1 rings (SSSR count). The maximum absolute atomic E-state index is 10.4. The first-order valence-corrected chi connectivity index (χ1v) is 3.96. The van der Waals surface area contributed by atoms with Crippen molar-refractivity contribution < 1.29 is 35.1 Å². The van der Waals surface area contributed by atoms with Gasteiger partial charge in [0.25, 0.3) is 0 Å². The largest absolute Gasteiger partial charge is 0.394 e. The van der Waals surface area contributed by atoms with Crippen LogP contribution in [0.1, 0.15) is 0 Å². The SMILES string of the molecule is O=C[C@@]1(O)C(O)O[C@H](CO)[C@@H](O)[C@@H]1O. The zero-order valence-corrected chi connectivity index (χ0v) is 7.15. The maximum Gasteiger partial charge on any atom is 0.199 e. The lowest BCUT2D eigenvalue weighted by molar-refractivity contribution is -0.313. The zero-order valence-electron chi connectivity index (χ0n) is 7.15. The van der Waals surface area contributed by atoms with Crippen LogP contribution in [0.5, 0.6) is 0 Å². The summed E-state index contributed by atoms with van der Waals surface area (Å²) >= 11 is 0. The predicted molar refractivity (Wildman–Crippen MR) is 41.0 cm³/mol. The van der Waals surface area contributed by atoms with Gasteiger partial charge in [-0.1, -0.05) is 0 Å². The predicted octanol–water partition coefficient (Wildman–Crippen LogP) is -3.65. The van der Waals surface area contributed by atoms with Gasteiger partial charge in [0.1, 0.15) is 18.3 Å². The van der Waals surface area contributed by atoms with E-state index in [1.165, 1.54) is 0 Å². The van der Waals surface area contributed by atoms with Crippen molar-refractivity contribution in [3.8, 4) is 0 Å². The summed E-state index contributed by atoms with van der Waals surface area (Å²) in [5, 5.41) is 45.7. The Bertz CT molecular complexity index is 220. The highest BCUT2D eigenvalue weighted by Crippen LogP contribution is 2.26. The molecule has 0 aromatic carbocycles. The number of aliphatic hydroxyl groups excluding tert-OH is 4. The van der Waals surface area contributed by atoms with Gasteiger partial charge in [0, 0.05) is 0 Å². The fourth-order valence-electron chi connectivity index (χ4n) is 1.26. The molecule has 0 aliphatic carbocycles. The van der Waals surface area contributed by atoms with E-state index in [4.69, 9.17) is 10.2 Å². The third-order valence-corrected chi connectivity index (χ3v) is 2.25. The smallest absolute Gasteiger partial charge is 0.199 e. The van der Waals surface area contributed by atoms with Gasteiger partial charge in [-0.05, 0) is 0 Å². The van der Waals surface area contributed by atoms with Crippen molar-refractivity contribution >= 4 is 6.29 Å². The van der Waals surface area contributed by atoms with Crippen LogP contribution in [0, 0.1) is 0 Å². The molecule has 5 N–H and O–H groups in total. The Hall–Kier alpha value is -0.570. The van der Waals surface area contributed by atoms with Crippen molar-refractivity contribution in [2.45, 2.75) is 30.2 Å². The number of aliphatic hydroxyl groups is 5. The monoisotopic (exact) mass is 208 g/mol. The normalized spacial score (nSPS) is 48.9. The molecule has 1 heterocycles. The molecule has 0 spiro atoms. The summed E-state index contributed by atoms with van der Waals surface area (Å²) in [6, 6.07) is 0. The summed E-state index contributed by atoms with van der Waals surface area (Å²) < 4.78 is 4.54. The Labute approximate surface area is 79.2 Å². The number of ether oxygens (including phenoxy) is 1. The van der Waals surface area contributed by atoms with Gasteiger partial charge in [-0.25, -0.2) is 0 Å². The Morgan fingerprint density at radius 1 is 1.36 bits per heavy atom. The summed E-state index contributed by atoms with van der Waals surface area (Å²) in [4.78, 5) is 10.4. The summed E-state index contributed by atoms with van der Waals surface area (Å²) in [5.74, 6) is 0. The highest BCUT2D eigenvalue weighted by Gasteiger charge is 2.54. The summed E-state index contributed by atoms with van der Waals surface area (Å²) in [7, 11) is 0. The Kier molecular flexibility index (Phi) is 3.20. The first kappa shape index (κ1) is 11.5. The van der Waals surface area contributed by atoms with Crippen LogP contribution in [-0.4, -0.2) is 68.6 Å². The lowest BCUT2D eigenvalue weighted by Crippen LogP contribution is -2.67. The average Bonchev–Trinajstić information content (AvgIpc) is 2.20. The third kappa shape index (κ3) is 1.54. The molecule has 0 saturated carbocycles. The van der Waals surface area contributed by atoms with Gasteiger partial charge in [0.05, 0.1) is 6.61 Å². The second-order valence-corrected chi connectivity index (χ2v) is 3.15. The minimum Gasteiger partial charge on any atom is -0.394 e. The number of carbonyl (C=O) groups excluding carboxylic acids is 1. The molecule has 1 fully saturated rings. The Balaban J connectivity index is 2.90. The van der Waals surface area contributed by atoms with E-state index in [0.717, 1.165) is 0 Å². The molecule has 7 nitrogen and oxygen atoms in total. The van der Waals surface area contributed by atoms with Crippen LogP contribution in [0.4, 0.5) is 0 Å². The van der Waals surface area contributed by atoms with Gasteiger partial charge < -0.3 is 30.3 Å². The fourth-order valence-corrected chi connectivity index (χ4v) is 1.26. The van der Waals surface area contributed by atoms with Crippen LogP contribution in [0.3, 0.4) is 0 Å². The highest BCUT2D eigenvalue weighted by atomic mass is 16.6. The number of hydrogen-bond acceptors (Lipinski definition) is 7. The molecule has 0 aromatic heterocycles. The van der Waals surface area contributed by atoms with E-state index in [1.807, 2.05) is 0 Å². The summed E-state index contributed by atoms with van der Waals surface area (Å²) in [5.41, 5.74) is -2.56. The minimum absolute atomic E-state index is 0.112. The van der Waals surface area contributed by atoms with Crippen molar-refractivity contribution in [1.29, 1.82) is 0 Å². The molecule has 82 valence electrons. The van der Waals surface area contributed by atoms with Gasteiger partial charge in [-0.3, -0.25) is 4.79 Å². The molecule has 1 aliphatic heterocycles. The number of rotatable bonds is 2. The molecule has 1 unspecified atom stereocenters. The summed E-state index contributed by atoms with van der Waals surface area (Å²) in [6.07, 6.45) is -6.87. The van der Waals surface area contributed by atoms with Crippen LogP contribution < -0.4 is 0 Å². The second-order valence-electron chi connectivity index (χ2n) is 3.15. The fraction of sp³-hybridized carbons (Fsp3) is 0.857. The topological polar surface area (TPSA) is 127 Å². The van der Waals surface area contributed by atoms with Crippen molar-refractivity contribution in [2.75, 3.05) is 6.61 Å².